The first-order valence-electron chi connectivity index (χ1n) is 10.8. The zero-order chi connectivity index (χ0) is 21.0. The highest BCUT2D eigenvalue weighted by molar-refractivity contribution is 5.78. The maximum absolute atomic E-state index is 6.42. The summed E-state index contributed by atoms with van der Waals surface area (Å²) < 4.78 is 11.8. The Labute approximate surface area is 183 Å². The van der Waals surface area contributed by atoms with Gasteiger partial charge in [-0.2, -0.15) is 0 Å². The molecule has 0 N–H and O–H groups in total. The molecule has 3 nitrogen and oxygen atoms in total. The van der Waals surface area contributed by atoms with Crippen molar-refractivity contribution in [3.8, 4) is 28.3 Å². The van der Waals surface area contributed by atoms with E-state index in [0.717, 1.165) is 53.5 Å². The minimum absolute atomic E-state index is 0.433. The Hall–Kier alpha value is -3.59. The lowest BCUT2D eigenvalue weighted by Gasteiger charge is -2.22. The molecule has 1 unspecified atom stereocenters. The first kappa shape index (κ1) is 19.4. The second-order valence-electron chi connectivity index (χ2n) is 7.91. The zero-order valence-corrected chi connectivity index (χ0v) is 17.6. The highest BCUT2D eigenvalue weighted by atomic mass is 16.5. The van der Waals surface area contributed by atoms with Gasteiger partial charge >= 0.3 is 0 Å². The molecule has 0 bridgehead atoms. The normalized spacial score (nSPS) is 16.0. The van der Waals surface area contributed by atoms with Gasteiger partial charge in [0.25, 0.3) is 0 Å². The van der Waals surface area contributed by atoms with Crippen LogP contribution in [-0.2, 0) is 0 Å². The van der Waals surface area contributed by atoms with Crippen LogP contribution in [0.3, 0.4) is 0 Å². The Kier molecular flexibility index (Phi) is 5.40. The zero-order valence-electron chi connectivity index (χ0n) is 17.6. The molecule has 4 aromatic rings. The second-order valence-corrected chi connectivity index (χ2v) is 7.91. The average molecular weight is 408 g/mol. The number of hydrogen-bond acceptors (Lipinski definition) is 3. The van der Waals surface area contributed by atoms with Crippen molar-refractivity contribution in [3.63, 3.8) is 0 Å². The van der Waals surface area contributed by atoms with E-state index in [9.17, 15) is 0 Å². The number of aromatic nitrogens is 1. The summed E-state index contributed by atoms with van der Waals surface area (Å²) in [7, 11) is 1.72. The SMILES string of the molecule is COc1cccc(C2CCC=C(c3nc(-c4ccccc4)c(-c4ccccc4)o3)C2)c1. The van der Waals surface area contributed by atoms with E-state index in [0.29, 0.717) is 5.92 Å². The largest absolute Gasteiger partial charge is 0.497 e. The summed E-state index contributed by atoms with van der Waals surface area (Å²) >= 11 is 0. The lowest BCUT2D eigenvalue weighted by Crippen LogP contribution is -2.05. The molecule has 0 amide bonds. The first-order chi connectivity index (χ1) is 15.3. The molecule has 0 radical (unpaired) electrons. The van der Waals surface area contributed by atoms with Crippen molar-refractivity contribution in [1.82, 2.24) is 4.98 Å². The van der Waals surface area contributed by atoms with E-state index in [1.54, 1.807) is 7.11 Å². The summed E-state index contributed by atoms with van der Waals surface area (Å²) in [6, 6.07) is 28.9. The van der Waals surface area contributed by atoms with Gasteiger partial charge in [0.1, 0.15) is 11.4 Å². The summed E-state index contributed by atoms with van der Waals surface area (Å²) in [4.78, 5) is 4.98. The van der Waals surface area contributed by atoms with E-state index in [1.165, 1.54) is 11.1 Å². The molecule has 31 heavy (non-hydrogen) atoms. The van der Waals surface area contributed by atoms with Gasteiger partial charge in [0, 0.05) is 16.7 Å². The topological polar surface area (TPSA) is 35.3 Å². The van der Waals surface area contributed by atoms with Gasteiger partial charge in [-0.25, -0.2) is 4.98 Å². The fourth-order valence-electron chi connectivity index (χ4n) is 4.30. The van der Waals surface area contributed by atoms with Crippen LogP contribution in [0, 0.1) is 0 Å². The minimum atomic E-state index is 0.433. The molecule has 1 atom stereocenters. The third kappa shape index (κ3) is 4.04. The molecule has 1 aliphatic carbocycles. The predicted molar refractivity (Wildman–Crippen MR) is 125 cm³/mol. The van der Waals surface area contributed by atoms with Gasteiger partial charge in [-0.15, -0.1) is 0 Å². The van der Waals surface area contributed by atoms with E-state index in [-0.39, 0.29) is 0 Å². The number of nitrogens with zero attached hydrogens (tertiary/aromatic N) is 1. The summed E-state index contributed by atoms with van der Waals surface area (Å²) in [6.07, 6.45) is 5.33. The van der Waals surface area contributed by atoms with Gasteiger partial charge in [-0.05, 0) is 42.9 Å². The van der Waals surface area contributed by atoms with Gasteiger partial charge in [0.2, 0.25) is 5.89 Å². The number of oxazole rings is 1. The molecule has 154 valence electrons. The number of rotatable bonds is 5. The van der Waals surface area contributed by atoms with Crippen LogP contribution in [0.4, 0.5) is 0 Å². The molecule has 1 aliphatic rings. The molecule has 5 rings (SSSR count). The molecule has 3 heteroatoms. The van der Waals surface area contributed by atoms with Gasteiger partial charge in [0.15, 0.2) is 5.76 Å². The highest BCUT2D eigenvalue weighted by Crippen LogP contribution is 2.41. The van der Waals surface area contributed by atoms with Crippen molar-refractivity contribution in [2.75, 3.05) is 7.11 Å². The van der Waals surface area contributed by atoms with E-state index >= 15 is 0 Å². The smallest absolute Gasteiger partial charge is 0.222 e. The van der Waals surface area contributed by atoms with Crippen LogP contribution in [-0.4, -0.2) is 12.1 Å². The highest BCUT2D eigenvalue weighted by Gasteiger charge is 2.24. The van der Waals surface area contributed by atoms with Gasteiger partial charge in [-0.1, -0.05) is 78.9 Å². The number of hydrogen-bond donors (Lipinski definition) is 0. The number of ether oxygens (including phenoxy) is 1. The predicted octanol–water partition coefficient (Wildman–Crippen LogP) is 7.37. The van der Waals surface area contributed by atoms with E-state index < -0.39 is 0 Å². The first-order valence-corrected chi connectivity index (χ1v) is 10.8. The molecular formula is C28H25NO2. The summed E-state index contributed by atoms with van der Waals surface area (Å²) in [5, 5.41) is 0. The van der Waals surface area contributed by atoms with E-state index in [2.05, 4.69) is 48.5 Å². The van der Waals surface area contributed by atoms with Crippen molar-refractivity contribution in [2.24, 2.45) is 0 Å². The van der Waals surface area contributed by atoms with Crippen LogP contribution < -0.4 is 4.74 Å². The lowest BCUT2D eigenvalue weighted by molar-refractivity contribution is 0.413. The standard InChI is InChI=1S/C28H25NO2/c1-30-25-17-9-15-23(19-25)22-14-8-16-24(18-22)28-29-26(20-10-4-2-5-11-20)27(31-28)21-12-6-3-7-13-21/h2-7,9-13,15-17,19,22H,8,14,18H2,1H3. The average Bonchev–Trinajstić information content (AvgIpc) is 3.31. The Morgan fingerprint density at radius 2 is 1.61 bits per heavy atom. The molecule has 0 spiro atoms. The summed E-state index contributed by atoms with van der Waals surface area (Å²) in [5.41, 5.74) is 5.49. The molecular weight excluding hydrogens is 382 g/mol. The van der Waals surface area contributed by atoms with Crippen LogP contribution >= 0.6 is 0 Å². The third-order valence-electron chi connectivity index (χ3n) is 5.92. The van der Waals surface area contributed by atoms with Gasteiger partial charge in [0.05, 0.1) is 7.11 Å². The molecule has 0 saturated carbocycles. The fraction of sp³-hybridized carbons (Fsp3) is 0.179. The monoisotopic (exact) mass is 407 g/mol. The van der Waals surface area contributed by atoms with Gasteiger partial charge in [-0.3, -0.25) is 0 Å². The molecule has 0 aliphatic heterocycles. The molecule has 0 fully saturated rings. The van der Waals surface area contributed by atoms with Crippen molar-refractivity contribution in [1.29, 1.82) is 0 Å². The van der Waals surface area contributed by atoms with Crippen LogP contribution in [0.25, 0.3) is 28.2 Å². The molecule has 0 saturated heterocycles. The maximum atomic E-state index is 6.42. The Morgan fingerprint density at radius 3 is 2.35 bits per heavy atom. The van der Waals surface area contributed by atoms with E-state index in [4.69, 9.17) is 14.1 Å². The van der Waals surface area contributed by atoms with E-state index in [1.807, 2.05) is 42.5 Å². The Morgan fingerprint density at radius 1 is 0.871 bits per heavy atom. The third-order valence-corrected chi connectivity index (χ3v) is 5.92. The number of methoxy groups -OCH3 is 1. The Bertz CT molecular complexity index is 1140. The van der Waals surface area contributed by atoms with Crippen LogP contribution in [0.15, 0.2) is 95.4 Å². The number of allylic oxidation sites excluding steroid dienone is 2. The summed E-state index contributed by atoms with van der Waals surface area (Å²) in [6.45, 7) is 0. The quantitative estimate of drug-likeness (QED) is 0.346. The fourth-order valence-corrected chi connectivity index (χ4v) is 4.30. The van der Waals surface area contributed by atoms with Crippen molar-refractivity contribution >= 4 is 5.57 Å². The second kappa shape index (κ2) is 8.65. The van der Waals surface area contributed by atoms with Crippen molar-refractivity contribution in [3.05, 3.63) is 102 Å². The minimum Gasteiger partial charge on any atom is -0.497 e. The summed E-state index contributed by atoms with van der Waals surface area (Å²) in [5.74, 6) is 2.89. The molecule has 1 heterocycles. The van der Waals surface area contributed by atoms with Gasteiger partial charge < -0.3 is 9.15 Å². The maximum Gasteiger partial charge on any atom is 0.222 e. The van der Waals surface area contributed by atoms with Crippen LogP contribution in [0.1, 0.15) is 36.6 Å². The van der Waals surface area contributed by atoms with Crippen LogP contribution in [0.2, 0.25) is 0 Å². The van der Waals surface area contributed by atoms with Crippen LogP contribution in [0.5, 0.6) is 5.75 Å². The Balaban J connectivity index is 1.51. The number of benzene rings is 3. The van der Waals surface area contributed by atoms with Crippen molar-refractivity contribution < 1.29 is 9.15 Å². The molecule has 3 aromatic carbocycles. The lowest BCUT2D eigenvalue weighted by atomic mass is 9.83. The van der Waals surface area contributed by atoms with Crippen molar-refractivity contribution in [2.45, 2.75) is 25.2 Å². The molecule has 1 aromatic heterocycles.